The van der Waals surface area contributed by atoms with Gasteiger partial charge in [-0.15, -0.1) is 0 Å². The van der Waals surface area contributed by atoms with E-state index >= 15 is 0 Å². The predicted octanol–water partition coefficient (Wildman–Crippen LogP) is 3.32. The number of hydrogen-bond donors (Lipinski definition) is 2. The molecule has 1 fully saturated rings. The summed E-state index contributed by atoms with van der Waals surface area (Å²) in [4.78, 5) is 24.3. The first-order chi connectivity index (χ1) is 12.8. The molecule has 2 amide bonds. The molecule has 0 unspecified atom stereocenters. The number of benzene rings is 1. The van der Waals surface area contributed by atoms with Gasteiger partial charge in [0, 0.05) is 25.2 Å². The fraction of sp³-hybridized carbons (Fsp3) is 0.579. The minimum atomic E-state index is -4.89. The topological polar surface area (TPSA) is 61.4 Å². The van der Waals surface area contributed by atoms with Crippen LogP contribution in [0.15, 0.2) is 24.3 Å². The molecule has 150 valence electrons. The molecule has 27 heavy (non-hydrogen) atoms. The molecule has 1 aliphatic heterocycles. The van der Waals surface area contributed by atoms with Crippen LogP contribution < -0.4 is 10.6 Å². The molecule has 0 bridgehead atoms. The summed E-state index contributed by atoms with van der Waals surface area (Å²) >= 11 is 0. The van der Waals surface area contributed by atoms with Gasteiger partial charge >= 0.3 is 12.1 Å². The van der Waals surface area contributed by atoms with E-state index in [1.165, 1.54) is 6.92 Å². The van der Waals surface area contributed by atoms with E-state index in [1.54, 1.807) is 24.3 Å². The second-order valence-corrected chi connectivity index (χ2v) is 6.80. The fourth-order valence-corrected chi connectivity index (χ4v) is 3.20. The summed E-state index contributed by atoms with van der Waals surface area (Å²) in [5.41, 5.74) is 1.06. The van der Waals surface area contributed by atoms with E-state index in [9.17, 15) is 22.8 Å². The van der Waals surface area contributed by atoms with E-state index in [0.29, 0.717) is 23.6 Å². The van der Waals surface area contributed by atoms with Gasteiger partial charge in [0.15, 0.2) is 0 Å². The molecule has 5 nitrogen and oxygen atoms in total. The van der Waals surface area contributed by atoms with Crippen molar-refractivity contribution in [1.82, 2.24) is 10.2 Å². The van der Waals surface area contributed by atoms with Crippen molar-refractivity contribution in [2.45, 2.75) is 45.3 Å². The minimum Gasteiger partial charge on any atom is -0.331 e. The highest BCUT2D eigenvalue weighted by atomic mass is 19.4. The van der Waals surface area contributed by atoms with Gasteiger partial charge in [0.25, 0.3) is 0 Å². The van der Waals surface area contributed by atoms with Crippen LogP contribution in [0.4, 0.5) is 18.9 Å². The van der Waals surface area contributed by atoms with Crippen LogP contribution in [0.3, 0.4) is 0 Å². The molecule has 0 radical (unpaired) electrons. The highest BCUT2D eigenvalue weighted by molar-refractivity contribution is 5.90. The Kier molecular flexibility index (Phi) is 7.65. The van der Waals surface area contributed by atoms with Crippen LogP contribution in [0.25, 0.3) is 0 Å². The fourth-order valence-electron chi connectivity index (χ4n) is 3.20. The van der Waals surface area contributed by atoms with Crippen LogP contribution in [-0.4, -0.2) is 42.5 Å². The smallest absolute Gasteiger partial charge is 0.331 e. The maximum atomic E-state index is 12.6. The van der Waals surface area contributed by atoms with Gasteiger partial charge in [-0.05, 0) is 62.9 Å². The Balaban J connectivity index is 1.90. The van der Waals surface area contributed by atoms with Crippen molar-refractivity contribution >= 4 is 17.5 Å². The van der Waals surface area contributed by atoms with Gasteiger partial charge in [0.2, 0.25) is 5.91 Å². The van der Waals surface area contributed by atoms with Gasteiger partial charge in [0.05, 0.1) is 0 Å². The Hall–Kier alpha value is -2.09. The van der Waals surface area contributed by atoms with E-state index in [0.717, 1.165) is 37.3 Å². The van der Waals surface area contributed by atoms with Crippen LogP contribution in [0.1, 0.15) is 38.2 Å². The van der Waals surface area contributed by atoms with Crippen molar-refractivity contribution in [3.05, 3.63) is 29.8 Å². The molecule has 1 aliphatic rings. The maximum absolute atomic E-state index is 12.6. The second-order valence-electron chi connectivity index (χ2n) is 6.80. The van der Waals surface area contributed by atoms with Gasteiger partial charge < -0.3 is 15.5 Å². The number of piperidine rings is 1. The zero-order valence-corrected chi connectivity index (χ0v) is 15.4. The van der Waals surface area contributed by atoms with Crippen molar-refractivity contribution in [3.63, 3.8) is 0 Å². The minimum absolute atomic E-state index is 0.0504. The Morgan fingerprint density at radius 2 is 1.96 bits per heavy atom. The standard InChI is InChI=1S/C19H26F3N3O2/c1-2-25(18(27)19(20,21)22)13-15-4-3-5-16(12-15)24-17(26)7-6-14-8-10-23-11-9-14/h3-5,12,14,23H,2,6-11,13H2,1H3,(H,24,26). The number of carbonyl (C=O) groups excluding carboxylic acids is 2. The highest BCUT2D eigenvalue weighted by Crippen LogP contribution is 2.21. The van der Waals surface area contributed by atoms with Crippen molar-refractivity contribution in [2.75, 3.05) is 25.0 Å². The number of nitrogens with zero attached hydrogens (tertiary/aromatic N) is 1. The largest absolute Gasteiger partial charge is 0.471 e. The van der Waals surface area contributed by atoms with Crippen molar-refractivity contribution in [3.8, 4) is 0 Å². The number of nitrogens with one attached hydrogen (secondary N) is 2. The molecule has 0 aromatic heterocycles. The summed E-state index contributed by atoms with van der Waals surface area (Å²) in [5.74, 6) is -1.42. The predicted molar refractivity (Wildman–Crippen MR) is 97.0 cm³/mol. The Labute approximate surface area is 157 Å². The number of halogens is 3. The normalized spacial score (nSPS) is 15.4. The van der Waals surface area contributed by atoms with Gasteiger partial charge in [-0.2, -0.15) is 13.2 Å². The maximum Gasteiger partial charge on any atom is 0.471 e. The lowest BCUT2D eigenvalue weighted by Crippen LogP contribution is -2.40. The summed E-state index contributed by atoms with van der Waals surface area (Å²) < 4.78 is 37.9. The molecular formula is C19H26F3N3O2. The molecule has 0 aliphatic carbocycles. The lowest BCUT2D eigenvalue weighted by Gasteiger charge is -2.22. The summed E-state index contributed by atoms with van der Waals surface area (Å²) in [6, 6.07) is 6.59. The summed E-state index contributed by atoms with van der Waals surface area (Å²) in [6.45, 7) is 3.26. The second kappa shape index (κ2) is 9.73. The molecule has 1 saturated heterocycles. The zero-order chi connectivity index (χ0) is 19.9. The molecule has 0 saturated carbocycles. The molecule has 2 rings (SSSR count). The number of rotatable bonds is 7. The first-order valence-corrected chi connectivity index (χ1v) is 9.25. The van der Waals surface area contributed by atoms with Crippen molar-refractivity contribution in [2.24, 2.45) is 5.92 Å². The summed E-state index contributed by atoms with van der Waals surface area (Å²) in [5, 5.41) is 6.08. The first-order valence-electron chi connectivity index (χ1n) is 9.25. The van der Waals surface area contributed by atoms with Crippen LogP contribution in [-0.2, 0) is 16.1 Å². The molecule has 1 heterocycles. The van der Waals surface area contributed by atoms with Gasteiger partial charge in [0.1, 0.15) is 0 Å². The molecule has 0 atom stereocenters. The highest BCUT2D eigenvalue weighted by Gasteiger charge is 2.41. The third kappa shape index (κ3) is 6.86. The van der Waals surface area contributed by atoms with E-state index in [-0.39, 0.29) is 19.0 Å². The van der Waals surface area contributed by atoms with E-state index < -0.39 is 12.1 Å². The molecular weight excluding hydrogens is 359 g/mol. The average Bonchev–Trinajstić information content (AvgIpc) is 2.64. The van der Waals surface area contributed by atoms with E-state index in [2.05, 4.69) is 10.6 Å². The number of carbonyl (C=O) groups is 2. The lowest BCUT2D eigenvalue weighted by atomic mass is 9.93. The monoisotopic (exact) mass is 385 g/mol. The average molecular weight is 385 g/mol. The van der Waals surface area contributed by atoms with Gasteiger partial charge in [-0.1, -0.05) is 12.1 Å². The first kappa shape index (κ1) is 21.2. The van der Waals surface area contributed by atoms with Gasteiger partial charge in [-0.25, -0.2) is 0 Å². The number of anilines is 1. The quantitative estimate of drug-likeness (QED) is 0.757. The number of hydrogen-bond acceptors (Lipinski definition) is 3. The molecule has 2 N–H and O–H groups in total. The number of alkyl halides is 3. The zero-order valence-electron chi connectivity index (χ0n) is 15.4. The van der Waals surface area contributed by atoms with E-state index in [4.69, 9.17) is 0 Å². The van der Waals surface area contributed by atoms with Crippen LogP contribution in [0.2, 0.25) is 0 Å². The van der Waals surface area contributed by atoms with Crippen LogP contribution >= 0.6 is 0 Å². The third-order valence-corrected chi connectivity index (χ3v) is 4.73. The Bertz CT molecular complexity index is 643. The Morgan fingerprint density at radius 1 is 1.26 bits per heavy atom. The molecule has 0 spiro atoms. The summed E-state index contributed by atoms with van der Waals surface area (Å²) in [6.07, 6.45) is -1.50. The van der Waals surface area contributed by atoms with E-state index in [1.807, 2.05) is 0 Å². The van der Waals surface area contributed by atoms with Crippen LogP contribution in [0, 0.1) is 5.92 Å². The Morgan fingerprint density at radius 3 is 2.59 bits per heavy atom. The summed E-state index contributed by atoms with van der Waals surface area (Å²) in [7, 11) is 0. The van der Waals surface area contributed by atoms with Crippen molar-refractivity contribution < 1.29 is 22.8 Å². The van der Waals surface area contributed by atoms with Crippen molar-refractivity contribution in [1.29, 1.82) is 0 Å². The third-order valence-electron chi connectivity index (χ3n) is 4.73. The van der Waals surface area contributed by atoms with Crippen LogP contribution in [0.5, 0.6) is 0 Å². The SMILES string of the molecule is CCN(Cc1cccc(NC(=O)CCC2CCNCC2)c1)C(=O)C(F)(F)F. The van der Waals surface area contributed by atoms with Gasteiger partial charge in [-0.3, -0.25) is 9.59 Å². The molecule has 1 aromatic carbocycles. The number of amides is 2. The molecule has 8 heteroatoms. The lowest BCUT2D eigenvalue weighted by molar-refractivity contribution is -0.185. The molecule has 1 aromatic rings.